The van der Waals surface area contributed by atoms with Gasteiger partial charge in [-0.15, -0.1) is 0 Å². The fourth-order valence-corrected chi connectivity index (χ4v) is 4.42. The molecule has 0 unspecified atom stereocenters. The van der Waals surface area contributed by atoms with E-state index in [1.54, 1.807) is 11.9 Å². The minimum atomic E-state index is -3.63. The molecule has 0 aromatic heterocycles. The Morgan fingerprint density at radius 1 is 1.07 bits per heavy atom. The molecule has 0 bridgehead atoms. The van der Waals surface area contributed by atoms with E-state index in [0.29, 0.717) is 18.7 Å². The molecule has 6 heteroatoms. The first-order valence-electron chi connectivity index (χ1n) is 9.00. The zero-order valence-electron chi connectivity index (χ0n) is 16.6. The Morgan fingerprint density at radius 2 is 1.70 bits per heavy atom. The van der Waals surface area contributed by atoms with Gasteiger partial charge in [-0.2, -0.15) is 0 Å². The van der Waals surface area contributed by atoms with E-state index in [-0.39, 0.29) is 5.91 Å². The summed E-state index contributed by atoms with van der Waals surface area (Å²) in [5.74, 6) is -0.215. The zero-order chi connectivity index (χ0) is 20.2. The van der Waals surface area contributed by atoms with Crippen molar-refractivity contribution in [2.45, 2.75) is 39.8 Å². The number of carbonyl (C=O) groups is 1. The van der Waals surface area contributed by atoms with Gasteiger partial charge < -0.3 is 4.90 Å². The van der Waals surface area contributed by atoms with Crippen LogP contribution >= 0.6 is 0 Å². The predicted molar refractivity (Wildman–Crippen MR) is 110 cm³/mol. The maximum atomic E-state index is 13.2. The summed E-state index contributed by atoms with van der Waals surface area (Å²) in [7, 11) is -1.92. The number of nitrogens with zero attached hydrogens (tertiary/aromatic N) is 2. The molecule has 1 atom stereocenters. The minimum absolute atomic E-state index is 0.215. The Bertz CT molecular complexity index is 895. The Morgan fingerprint density at radius 3 is 2.26 bits per heavy atom. The molecule has 0 fully saturated rings. The van der Waals surface area contributed by atoms with Crippen LogP contribution in [0.25, 0.3) is 0 Å². The number of carbonyl (C=O) groups excluding carboxylic acids is 1. The number of hydrogen-bond donors (Lipinski definition) is 0. The van der Waals surface area contributed by atoms with Crippen LogP contribution < -0.4 is 4.31 Å². The van der Waals surface area contributed by atoms with Crippen LogP contribution in [0, 0.1) is 13.8 Å². The summed E-state index contributed by atoms with van der Waals surface area (Å²) in [5.41, 5.74) is 3.33. The molecule has 1 amide bonds. The van der Waals surface area contributed by atoms with E-state index in [1.807, 2.05) is 69.3 Å². The smallest absolute Gasteiger partial charge is 0.246 e. The summed E-state index contributed by atoms with van der Waals surface area (Å²) in [6.45, 7) is 6.04. The Kier molecular flexibility index (Phi) is 6.65. The molecule has 0 radical (unpaired) electrons. The van der Waals surface area contributed by atoms with Crippen molar-refractivity contribution in [3.63, 3.8) is 0 Å². The highest BCUT2D eigenvalue weighted by atomic mass is 32.2. The normalized spacial score (nSPS) is 12.5. The fraction of sp³-hybridized carbons (Fsp3) is 0.381. The molecule has 2 aromatic carbocycles. The van der Waals surface area contributed by atoms with Crippen molar-refractivity contribution in [2.75, 3.05) is 17.6 Å². The number of rotatable bonds is 7. The fourth-order valence-electron chi connectivity index (χ4n) is 3.16. The van der Waals surface area contributed by atoms with Crippen LogP contribution in [0.5, 0.6) is 0 Å². The third kappa shape index (κ3) is 5.10. The number of hydrogen-bond acceptors (Lipinski definition) is 3. The molecular formula is C21H28N2O3S. The summed E-state index contributed by atoms with van der Waals surface area (Å²) in [4.78, 5) is 14.7. The molecule has 0 aliphatic heterocycles. The molecule has 2 rings (SSSR count). The van der Waals surface area contributed by atoms with E-state index in [0.717, 1.165) is 22.9 Å². The first kappa shape index (κ1) is 21.0. The highest BCUT2D eigenvalue weighted by molar-refractivity contribution is 7.92. The van der Waals surface area contributed by atoms with E-state index >= 15 is 0 Å². The largest absolute Gasteiger partial charge is 0.340 e. The lowest BCUT2D eigenvalue weighted by Crippen LogP contribution is -2.49. The van der Waals surface area contributed by atoms with E-state index in [2.05, 4.69) is 0 Å². The number of aryl methyl sites for hydroxylation is 2. The average molecular weight is 389 g/mol. The van der Waals surface area contributed by atoms with Crippen molar-refractivity contribution in [3.05, 3.63) is 65.2 Å². The first-order chi connectivity index (χ1) is 12.6. The highest BCUT2D eigenvalue weighted by Crippen LogP contribution is 2.28. The molecule has 0 aliphatic carbocycles. The van der Waals surface area contributed by atoms with Gasteiger partial charge in [0, 0.05) is 13.6 Å². The second kappa shape index (κ2) is 8.57. The van der Waals surface area contributed by atoms with Gasteiger partial charge in [-0.1, -0.05) is 49.4 Å². The van der Waals surface area contributed by atoms with Crippen LogP contribution in [0.4, 0.5) is 5.69 Å². The van der Waals surface area contributed by atoms with Crippen molar-refractivity contribution >= 4 is 21.6 Å². The number of sulfonamides is 1. The van der Waals surface area contributed by atoms with Crippen molar-refractivity contribution < 1.29 is 13.2 Å². The van der Waals surface area contributed by atoms with Crippen molar-refractivity contribution in [3.8, 4) is 0 Å². The average Bonchev–Trinajstić information content (AvgIpc) is 2.61. The molecule has 0 saturated carbocycles. The standard InChI is InChI=1S/C21H28N2O3S/c1-6-19(21(24)22(4)15-18-10-8-7-9-11-18)23(27(5,25)26)20-14-16(2)12-13-17(20)3/h7-14,19H,6,15H2,1-5H3/t19-/m0/s1. The lowest BCUT2D eigenvalue weighted by molar-refractivity contribution is -0.131. The summed E-state index contributed by atoms with van der Waals surface area (Å²) in [6, 6.07) is 14.5. The number of amides is 1. The van der Waals surface area contributed by atoms with Gasteiger partial charge >= 0.3 is 0 Å². The molecule has 0 saturated heterocycles. The van der Waals surface area contributed by atoms with Gasteiger partial charge in [-0.25, -0.2) is 8.42 Å². The second-order valence-electron chi connectivity index (χ2n) is 6.95. The number of likely N-dealkylation sites (N-methyl/N-ethyl adjacent to an activating group) is 1. The number of anilines is 1. The van der Waals surface area contributed by atoms with Crippen molar-refractivity contribution in [2.24, 2.45) is 0 Å². The van der Waals surface area contributed by atoms with Gasteiger partial charge in [0.2, 0.25) is 15.9 Å². The Labute approximate surface area is 162 Å². The lowest BCUT2D eigenvalue weighted by Gasteiger charge is -2.34. The molecule has 5 nitrogen and oxygen atoms in total. The van der Waals surface area contributed by atoms with Gasteiger partial charge in [0.1, 0.15) is 6.04 Å². The molecular weight excluding hydrogens is 360 g/mol. The van der Waals surface area contributed by atoms with Crippen LogP contribution in [0.15, 0.2) is 48.5 Å². The van der Waals surface area contributed by atoms with Crippen molar-refractivity contribution in [1.82, 2.24) is 4.90 Å². The quantitative estimate of drug-likeness (QED) is 0.729. The van der Waals surface area contributed by atoms with E-state index < -0.39 is 16.1 Å². The van der Waals surface area contributed by atoms with Gasteiger partial charge in [-0.3, -0.25) is 9.10 Å². The topological polar surface area (TPSA) is 57.7 Å². The molecule has 2 aromatic rings. The molecule has 0 heterocycles. The molecule has 0 N–H and O–H groups in total. The lowest BCUT2D eigenvalue weighted by atomic mass is 10.1. The summed E-state index contributed by atoms with van der Waals surface area (Å²) in [6.07, 6.45) is 1.54. The molecule has 146 valence electrons. The summed E-state index contributed by atoms with van der Waals surface area (Å²) in [5, 5.41) is 0. The monoisotopic (exact) mass is 388 g/mol. The van der Waals surface area contributed by atoms with E-state index in [1.165, 1.54) is 4.31 Å². The van der Waals surface area contributed by atoms with E-state index in [4.69, 9.17) is 0 Å². The maximum absolute atomic E-state index is 13.2. The SMILES string of the molecule is CC[C@@H](C(=O)N(C)Cc1ccccc1)N(c1cc(C)ccc1C)S(C)(=O)=O. The van der Waals surface area contributed by atoms with Crippen LogP contribution in [0.1, 0.15) is 30.0 Å². The van der Waals surface area contributed by atoms with Gasteiger partial charge in [0.05, 0.1) is 11.9 Å². The van der Waals surface area contributed by atoms with Gasteiger partial charge in [0.15, 0.2) is 0 Å². The maximum Gasteiger partial charge on any atom is 0.246 e. The third-order valence-corrected chi connectivity index (χ3v) is 5.72. The molecule has 0 spiro atoms. The Balaban J connectivity index is 2.40. The van der Waals surface area contributed by atoms with Crippen molar-refractivity contribution in [1.29, 1.82) is 0 Å². The molecule has 0 aliphatic rings. The zero-order valence-corrected chi connectivity index (χ0v) is 17.5. The highest BCUT2D eigenvalue weighted by Gasteiger charge is 2.34. The van der Waals surface area contributed by atoms with E-state index in [9.17, 15) is 13.2 Å². The van der Waals surface area contributed by atoms with Crippen LogP contribution in [-0.4, -0.2) is 38.6 Å². The number of benzene rings is 2. The Hall–Kier alpha value is -2.34. The predicted octanol–water partition coefficient (Wildman–Crippen LogP) is 3.51. The molecule has 27 heavy (non-hydrogen) atoms. The van der Waals surface area contributed by atoms with Gasteiger partial charge in [0.25, 0.3) is 0 Å². The first-order valence-corrected chi connectivity index (χ1v) is 10.9. The van der Waals surface area contributed by atoms with Crippen LogP contribution in [-0.2, 0) is 21.4 Å². The summed E-state index contributed by atoms with van der Waals surface area (Å²) < 4.78 is 26.5. The second-order valence-corrected chi connectivity index (χ2v) is 8.81. The van der Waals surface area contributed by atoms with Crippen LogP contribution in [0.2, 0.25) is 0 Å². The minimum Gasteiger partial charge on any atom is -0.340 e. The van der Waals surface area contributed by atoms with Gasteiger partial charge in [-0.05, 0) is 43.0 Å². The third-order valence-electron chi connectivity index (χ3n) is 4.55. The van der Waals surface area contributed by atoms with Crippen LogP contribution in [0.3, 0.4) is 0 Å². The summed E-state index contributed by atoms with van der Waals surface area (Å²) >= 11 is 0.